The lowest BCUT2D eigenvalue weighted by molar-refractivity contribution is 0.597. The average Bonchev–Trinajstić information content (AvgIpc) is 2.52. The Kier molecular flexibility index (Phi) is 1.11. The van der Waals surface area contributed by atoms with Crippen molar-refractivity contribution in [2.24, 2.45) is 0 Å². The van der Waals surface area contributed by atoms with Gasteiger partial charge in [-0.05, 0) is 18.1 Å². The first-order valence-electron chi connectivity index (χ1n) is 4.29. The Morgan fingerprint density at radius 1 is 1.38 bits per heavy atom. The zero-order chi connectivity index (χ0) is 8.84. The number of rotatable bonds is 0. The van der Waals surface area contributed by atoms with Crippen molar-refractivity contribution < 1.29 is 4.42 Å². The molecule has 1 aliphatic rings. The Bertz CT molecular complexity index is 518. The van der Waals surface area contributed by atoms with E-state index in [9.17, 15) is 0 Å². The van der Waals surface area contributed by atoms with Gasteiger partial charge in [0.2, 0.25) is 0 Å². The van der Waals surface area contributed by atoms with Gasteiger partial charge in [0, 0.05) is 10.9 Å². The van der Waals surface area contributed by atoms with Crippen molar-refractivity contribution in [3.05, 3.63) is 35.6 Å². The summed E-state index contributed by atoms with van der Waals surface area (Å²) in [5, 5.41) is 9.93. The molecular weight excluding hydrogens is 162 g/mol. The summed E-state index contributed by atoms with van der Waals surface area (Å²) in [7, 11) is 0. The summed E-state index contributed by atoms with van der Waals surface area (Å²) in [5.74, 6) is 0.0462. The van der Waals surface area contributed by atoms with E-state index in [2.05, 4.69) is 12.1 Å². The third-order valence-electron chi connectivity index (χ3n) is 2.68. The van der Waals surface area contributed by atoms with Gasteiger partial charge in [-0.3, -0.25) is 0 Å². The molecule has 0 radical (unpaired) electrons. The molecule has 2 aromatic rings. The number of nitrogens with zero attached hydrogens (tertiary/aromatic N) is 1. The second-order valence-corrected chi connectivity index (χ2v) is 3.36. The van der Waals surface area contributed by atoms with Crippen molar-refractivity contribution in [3.8, 4) is 6.07 Å². The van der Waals surface area contributed by atoms with Crippen LogP contribution in [0.15, 0.2) is 28.9 Å². The van der Waals surface area contributed by atoms with Crippen molar-refractivity contribution in [2.45, 2.75) is 12.3 Å². The quantitative estimate of drug-likeness (QED) is 0.607. The summed E-state index contributed by atoms with van der Waals surface area (Å²) in [5.41, 5.74) is 3.26. The van der Waals surface area contributed by atoms with E-state index in [4.69, 9.17) is 9.68 Å². The van der Waals surface area contributed by atoms with E-state index >= 15 is 0 Å². The topological polar surface area (TPSA) is 36.9 Å². The largest absolute Gasteiger partial charge is 0.464 e. The van der Waals surface area contributed by atoms with Gasteiger partial charge in [-0.15, -0.1) is 0 Å². The molecule has 1 heterocycles. The van der Waals surface area contributed by atoms with Crippen molar-refractivity contribution in [2.75, 3.05) is 0 Å². The van der Waals surface area contributed by atoms with Gasteiger partial charge in [0.15, 0.2) is 0 Å². The summed E-state index contributed by atoms with van der Waals surface area (Å²) < 4.78 is 5.36. The molecule has 1 aromatic carbocycles. The predicted molar refractivity (Wildman–Crippen MR) is 48.3 cm³/mol. The van der Waals surface area contributed by atoms with E-state index in [0.29, 0.717) is 0 Å². The molecule has 0 saturated carbocycles. The van der Waals surface area contributed by atoms with E-state index in [-0.39, 0.29) is 5.92 Å². The van der Waals surface area contributed by atoms with Crippen LogP contribution in [0.5, 0.6) is 0 Å². The molecule has 0 bridgehead atoms. The van der Waals surface area contributed by atoms with Crippen LogP contribution in [0.3, 0.4) is 0 Å². The van der Waals surface area contributed by atoms with Crippen LogP contribution in [-0.4, -0.2) is 0 Å². The molecule has 1 aliphatic carbocycles. The molecule has 0 amide bonds. The first-order valence-corrected chi connectivity index (χ1v) is 4.29. The van der Waals surface area contributed by atoms with Crippen LogP contribution in [0, 0.1) is 11.3 Å². The summed E-state index contributed by atoms with van der Waals surface area (Å²) in [4.78, 5) is 0. The molecule has 3 rings (SSSR count). The third kappa shape index (κ3) is 0.714. The number of hydrogen-bond acceptors (Lipinski definition) is 2. The maximum atomic E-state index is 8.84. The lowest BCUT2D eigenvalue weighted by Gasteiger charge is -2.23. The maximum Gasteiger partial charge on any atom is 0.138 e. The fourth-order valence-electron chi connectivity index (χ4n) is 1.96. The van der Waals surface area contributed by atoms with E-state index in [1.54, 1.807) is 6.26 Å². The van der Waals surface area contributed by atoms with Crippen molar-refractivity contribution in [1.82, 2.24) is 0 Å². The molecule has 0 fully saturated rings. The van der Waals surface area contributed by atoms with Gasteiger partial charge in [-0.25, -0.2) is 0 Å². The second-order valence-electron chi connectivity index (χ2n) is 3.36. The summed E-state index contributed by atoms with van der Waals surface area (Å²) in [6, 6.07) is 8.34. The highest BCUT2D eigenvalue weighted by atomic mass is 16.3. The first-order chi connectivity index (χ1) is 6.40. The molecule has 0 spiro atoms. The number of fused-ring (bicyclic) bond motifs is 3. The standard InChI is InChI=1S/C11H7NO/c12-6-9-5-8-2-1-7-3-4-13-11(7)10(8)9/h1-4,9H,5H2. The zero-order valence-electron chi connectivity index (χ0n) is 6.95. The van der Waals surface area contributed by atoms with Gasteiger partial charge >= 0.3 is 0 Å². The average molecular weight is 169 g/mol. The minimum atomic E-state index is 0.0462. The van der Waals surface area contributed by atoms with Gasteiger partial charge < -0.3 is 4.42 Å². The zero-order valence-corrected chi connectivity index (χ0v) is 6.95. The van der Waals surface area contributed by atoms with Gasteiger partial charge in [0.1, 0.15) is 5.58 Å². The van der Waals surface area contributed by atoms with Crippen LogP contribution in [0.25, 0.3) is 11.0 Å². The molecule has 2 heteroatoms. The lowest BCUT2D eigenvalue weighted by atomic mass is 9.78. The fourth-order valence-corrected chi connectivity index (χ4v) is 1.96. The highest BCUT2D eigenvalue weighted by Gasteiger charge is 2.29. The number of nitriles is 1. The summed E-state index contributed by atoms with van der Waals surface area (Å²) in [6.07, 6.45) is 2.56. The van der Waals surface area contributed by atoms with Crippen molar-refractivity contribution in [3.63, 3.8) is 0 Å². The second kappa shape index (κ2) is 2.14. The minimum absolute atomic E-state index is 0.0462. The fraction of sp³-hybridized carbons (Fsp3) is 0.182. The molecule has 1 atom stereocenters. The van der Waals surface area contributed by atoms with Gasteiger partial charge in [-0.1, -0.05) is 12.1 Å². The Balaban J connectivity index is 2.38. The van der Waals surface area contributed by atoms with E-state index in [0.717, 1.165) is 23.0 Å². The monoisotopic (exact) mass is 169 g/mol. The molecule has 0 saturated heterocycles. The van der Waals surface area contributed by atoms with Crippen LogP contribution < -0.4 is 0 Å². The molecule has 0 aliphatic heterocycles. The van der Waals surface area contributed by atoms with Crippen LogP contribution >= 0.6 is 0 Å². The van der Waals surface area contributed by atoms with Gasteiger partial charge in [-0.2, -0.15) is 5.26 Å². The molecule has 0 N–H and O–H groups in total. The number of benzene rings is 1. The van der Waals surface area contributed by atoms with Crippen LogP contribution in [0.1, 0.15) is 17.0 Å². The maximum absolute atomic E-state index is 8.84. The first kappa shape index (κ1) is 6.73. The highest BCUT2D eigenvalue weighted by molar-refractivity contribution is 5.84. The van der Waals surface area contributed by atoms with Crippen molar-refractivity contribution >= 4 is 11.0 Å². The Labute approximate surface area is 75.4 Å². The van der Waals surface area contributed by atoms with E-state index < -0.39 is 0 Å². The van der Waals surface area contributed by atoms with Crippen molar-refractivity contribution in [1.29, 1.82) is 5.26 Å². The normalized spacial score (nSPS) is 19.2. The van der Waals surface area contributed by atoms with E-state index in [1.165, 1.54) is 5.56 Å². The molecule has 13 heavy (non-hydrogen) atoms. The Morgan fingerprint density at radius 3 is 3.15 bits per heavy atom. The number of hydrogen-bond donors (Lipinski definition) is 0. The predicted octanol–water partition coefficient (Wildman–Crippen LogP) is 2.60. The SMILES string of the molecule is N#CC1Cc2ccc3ccoc3c21. The van der Waals surface area contributed by atoms with Crippen LogP contribution in [0.2, 0.25) is 0 Å². The Hall–Kier alpha value is -1.75. The van der Waals surface area contributed by atoms with E-state index in [1.807, 2.05) is 12.1 Å². The Morgan fingerprint density at radius 2 is 2.31 bits per heavy atom. The van der Waals surface area contributed by atoms with Gasteiger partial charge in [0.05, 0.1) is 18.3 Å². The molecule has 1 unspecified atom stereocenters. The summed E-state index contributed by atoms with van der Waals surface area (Å²) in [6.45, 7) is 0. The summed E-state index contributed by atoms with van der Waals surface area (Å²) >= 11 is 0. The molecule has 62 valence electrons. The third-order valence-corrected chi connectivity index (χ3v) is 2.68. The van der Waals surface area contributed by atoms with Crippen LogP contribution in [-0.2, 0) is 6.42 Å². The molecular formula is C11H7NO. The minimum Gasteiger partial charge on any atom is -0.464 e. The highest BCUT2D eigenvalue weighted by Crippen LogP contribution is 2.40. The van der Waals surface area contributed by atoms with Gasteiger partial charge in [0.25, 0.3) is 0 Å². The molecule has 2 nitrogen and oxygen atoms in total. The van der Waals surface area contributed by atoms with Crippen LogP contribution in [0.4, 0.5) is 0 Å². The lowest BCUT2D eigenvalue weighted by Crippen LogP contribution is -2.15. The smallest absolute Gasteiger partial charge is 0.138 e. The number of furan rings is 1. The molecule has 1 aromatic heterocycles.